The number of amides is 2. The minimum atomic E-state index is -0.438. The Kier molecular flexibility index (Phi) is 5.00. The SMILES string of the molecule is Cc1cc(NCCO)nc(NC(=O)Nc2ccc3cnccc3c2)n1. The van der Waals surface area contributed by atoms with Gasteiger partial charge in [-0.2, -0.15) is 4.98 Å². The van der Waals surface area contributed by atoms with Crippen LogP contribution < -0.4 is 16.0 Å². The van der Waals surface area contributed by atoms with Crippen molar-refractivity contribution in [2.24, 2.45) is 0 Å². The minimum Gasteiger partial charge on any atom is -0.395 e. The lowest BCUT2D eigenvalue weighted by Gasteiger charge is -2.10. The monoisotopic (exact) mass is 338 g/mol. The van der Waals surface area contributed by atoms with Crippen molar-refractivity contribution in [1.29, 1.82) is 0 Å². The minimum absolute atomic E-state index is 0.0101. The molecule has 1 aromatic carbocycles. The number of aromatic nitrogens is 3. The predicted octanol–water partition coefficient (Wildman–Crippen LogP) is 2.38. The van der Waals surface area contributed by atoms with Gasteiger partial charge in [-0.25, -0.2) is 9.78 Å². The van der Waals surface area contributed by atoms with Crippen LogP contribution in [-0.4, -0.2) is 39.2 Å². The Labute approximate surface area is 144 Å². The number of fused-ring (bicyclic) bond motifs is 1. The number of aliphatic hydroxyl groups excluding tert-OH is 1. The largest absolute Gasteiger partial charge is 0.395 e. The van der Waals surface area contributed by atoms with Gasteiger partial charge in [0.25, 0.3) is 0 Å². The van der Waals surface area contributed by atoms with Gasteiger partial charge >= 0.3 is 6.03 Å². The van der Waals surface area contributed by atoms with E-state index in [0.717, 1.165) is 10.8 Å². The average molecular weight is 338 g/mol. The normalized spacial score (nSPS) is 10.5. The van der Waals surface area contributed by atoms with Gasteiger partial charge in [-0.15, -0.1) is 0 Å². The van der Waals surface area contributed by atoms with Crippen LogP contribution in [0, 0.1) is 6.92 Å². The van der Waals surface area contributed by atoms with E-state index in [1.807, 2.05) is 18.2 Å². The first-order chi connectivity index (χ1) is 12.1. The molecule has 8 heteroatoms. The van der Waals surface area contributed by atoms with Gasteiger partial charge in [-0.05, 0) is 30.5 Å². The highest BCUT2D eigenvalue weighted by Gasteiger charge is 2.07. The van der Waals surface area contributed by atoms with Crippen LogP contribution in [0.3, 0.4) is 0 Å². The second-order valence-corrected chi connectivity index (χ2v) is 5.39. The summed E-state index contributed by atoms with van der Waals surface area (Å²) in [4.78, 5) is 24.6. The smallest absolute Gasteiger partial charge is 0.326 e. The molecule has 3 rings (SSSR count). The number of anilines is 3. The van der Waals surface area contributed by atoms with Crippen molar-refractivity contribution in [2.45, 2.75) is 6.92 Å². The Morgan fingerprint density at radius 3 is 2.84 bits per heavy atom. The molecule has 0 unspecified atom stereocenters. The second-order valence-electron chi connectivity index (χ2n) is 5.39. The molecular weight excluding hydrogens is 320 g/mol. The highest BCUT2D eigenvalue weighted by atomic mass is 16.3. The molecule has 0 aliphatic heterocycles. The number of urea groups is 1. The van der Waals surface area contributed by atoms with Gasteiger partial charge in [0.1, 0.15) is 5.82 Å². The number of carbonyl (C=O) groups excluding carboxylic acids is 1. The summed E-state index contributed by atoms with van der Waals surface area (Å²) >= 11 is 0. The van der Waals surface area contributed by atoms with Crippen LogP contribution in [0.15, 0.2) is 42.7 Å². The van der Waals surface area contributed by atoms with Crippen LogP contribution in [0.1, 0.15) is 5.69 Å². The zero-order valence-corrected chi connectivity index (χ0v) is 13.7. The maximum absolute atomic E-state index is 12.2. The van der Waals surface area contributed by atoms with Crippen molar-refractivity contribution in [1.82, 2.24) is 15.0 Å². The molecule has 0 spiro atoms. The molecule has 0 fully saturated rings. The van der Waals surface area contributed by atoms with Crippen molar-refractivity contribution in [2.75, 3.05) is 29.1 Å². The van der Waals surface area contributed by atoms with Gasteiger partial charge in [0.2, 0.25) is 5.95 Å². The van der Waals surface area contributed by atoms with E-state index in [0.29, 0.717) is 23.7 Å². The van der Waals surface area contributed by atoms with Crippen molar-refractivity contribution in [3.05, 3.63) is 48.4 Å². The fourth-order valence-electron chi connectivity index (χ4n) is 2.32. The summed E-state index contributed by atoms with van der Waals surface area (Å²) in [5, 5.41) is 19.1. The third kappa shape index (κ3) is 4.39. The molecule has 3 aromatic rings. The summed E-state index contributed by atoms with van der Waals surface area (Å²) in [6.45, 7) is 2.16. The highest BCUT2D eigenvalue weighted by Crippen LogP contribution is 2.18. The molecule has 25 heavy (non-hydrogen) atoms. The number of hydrogen-bond acceptors (Lipinski definition) is 6. The summed E-state index contributed by atoms with van der Waals surface area (Å²) in [6.07, 6.45) is 3.47. The van der Waals surface area contributed by atoms with E-state index in [4.69, 9.17) is 5.11 Å². The molecule has 0 radical (unpaired) electrons. The first-order valence-corrected chi connectivity index (χ1v) is 7.76. The van der Waals surface area contributed by atoms with Crippen LogP contribution >= 0.6 is 0 Å². The molecule has 0 aliphatic rings. The van der Waals surface area contributed by atoms with E-state index in [1.54, 1.807) is 31.5 Å². The first-order valence-electron chi connectivity index (χ1n) is 7.76. The predicted molar refractivity (Wildman–Crippen MR) is 96.7 cm³/mol. The third-order valence-corrected chi connectivity index (χ3v) is 3.40. The quantitative estimate of drug-likeness (QED) is 0.568. The van der Waals surface area contributed by atoms with Gasteiger partial charge in [-0.3, -0.25) is 10.3 Å². The molecule has 0 aliphatic carbocycles. The number of nitrogens with one attached hydrogen (secondary N) is 3. The average Bonchev–Trinajstić information content (AvgIpc) is 2.59. The second kappa shape index (κ2) is 7.54. The molecule has 0 saturated heterocycles. The Morgan fingerprint density at radius 2 is 2.00 bits per heavy atom. The van der Waals surface area contributed by atoms with Gasteiger partial charge in [0, 0.05) is 41.8 Å². The van der Waals surface area contributed by atoms with Crippen LogP contribution in [-0.2, 0) is 0 Å². The van der Waals surface area contributed by atoms with Gasteiger partial charge in [-0.1, -0.05) is 6.07 Å². The zero-order chi connectivity index (χ0) is 17.6. The van der Waals surface area contributed by atoms with Gasteiger partial charge < -0.3 is 15.7 Å². The third-order valence-electron chi connectivity index (χ3n) is 3.40. The highest BCUT2D eigenvalue weighted by molar-refractivity contribution is 6.00. The summed E-state index contributed by atoms with van der Waals surface area (Å²) in [5.41, 5.74) is 1.35. The molecule has 2 amide bonds. The lowest BCUT2D eigenvalue weighted by atomic mass is 10.1. The number of aryl methyl sites for hydroxylation is 1. The van der Waals surface area contributed by atoms with E-state index in [9.17, 15) is 4.79 Å². The lowest BCUT2D eigenvalue weighted by Crippen LogP contribution is -2.21. The molecule has 0 saturated carbocycles. The van der Waals surface area contributed by atoms with E-state index in [-0.39, 0.29) is 12.6 Å². The number of rotatable bonds is 5. The summed E-state index contributed by atoms with van der Waals surface area (Å²) in [7, 11) is 0. The number of aliphatic hydroxyl groups is 1. The maximum atomic E-state index is 12.2. The number of pyridine rings is 1. The van der Waals surface area contributed by atoms with E-state index < -0.39 is 6.03 Å². The number of nitrogens with zero attached hydrogens (tertiary/aromatic N) is 3. The summed E-state index contributed by atoms with van der Waals surface area (Å²) in [5.74, 6) is 0.720. The molecule has 128 valence electrons. The van der Waals surface area contributed by atoms with Crippen molar-refractivity contribution in [3.63, 3.8) is 0 Å². The van der Waals surface area contributed by atoms with Gasteiger partial charge in [0.15, 0.2) is 0 Å². The summed E-state index contributed by atoms with van der Waals surface area (Å²) < 4.78 is 0. The van der Waals surface area contributed by atoms with Gasteiger partial charge in [0.05, 0.1) is 6.61 Å². The zero-order valence-electron chi connectivity index (χ0n) is 13.7. The fraction of sp³-hybridized carbons (Fsp3) is 0.176. The van der Waals surface area contributed by atoms with E-state index >= 15 is 0 Å². The maximum Gasteiger partial charge on any atom is 0.326 e. The molecule has 4 N–H and O–H groups in total. The molecule has 8 nitrogen and oxygen atoms in total. The topological polar surface area (TPSA) is 112 Å². The Bertz CT molecular complexity index is 899. The van der Waals surface area contributed by atoms with E-state index in [2.05, 4.69) is 30.9 Å². The molecule has 2 heterocycles. The molecular formula is C17H18N6O2. The summed E-state index contributed by atoms with van der Waals surface area (Å²) in [6, 6.07) is 8.72. The number of hydrogen-bond donors (Lipinski definition) is 4. The van der Waals surface area contributed by atoms with Crippen molar-refractivity contribution >= 4 is 34.3 Å². The van der Waals surface area contributed by atoms with Crippen LogP contribution in [0.25, 0.3) is 10.8 Å². The first kappa shape index (κ1) is 16.6. The Morgan fingerprint density at radius 1 is 1.12 bits per heavy atom. The lowest BCUT2D eigenvalue weighted by molar-refractivity contribution is 0.262. The molecule has 0 atom stereocenters. The number of carbonyl (C=O) groups is 1. The molecule has 2 aromatic heterocycles. The number of benzene rings is 1. The van der Waals surface area contributed by atoms with E-state index in [1.165, 1.54) is 0 Å². The van der Waals surface area contributed by atoms with Crippen molar-refractivity contribution in [3.8, 4) is 0 Å². The Balaban J connectivity index is 1.70. The van der Waals surface area contributed by atoms with Crippen LogP contribution in [0.2, 0.25) is 0 Å². The molecule has 0 bridgehead atoms. The standard InChI is InChI=1S/C17H18N6O2/c1-11-8-15(19-6-7-24)22-16(20-11)23-17(25)21-14-3-2-13-10-18-5-4-12(13)9-14/h2-5,8-10,24H,6-7H2,1H3,(H3,19,20,21,22,23,25). The van der Waals surface area contributed by atoms with Crippen LogP contribution in [0.4, 0.5) is 22.2 Å². The fourth-order valence-corrected chi connectivity index (χ4v) is 2.32. The Hall–Kier alpha value is -3.26. The van der Waals surface area contributed by atoms with Crippen LogP contribution in [0.5, 0.6) is 0 Å². The van der Waals surface area contributed by atoms with Crippen molar-refractivity contribution < 1.29 is 9.90 Å².